The highest BCUT2D eigenvalue weighted by Gasteiger charge is 2.19. The second-order valence-corrected chi connectivity index (χ2v) is 4.76. The summed E-state index contributed by atoms with van der Waals surface area (Å²) in [5.74, 6) is -0.743. The number of halogens is 1. The minimum atomic E-state index is -3.88. The van der Waals surface area contributed by atoms with Crippen molar-refractivity contribution in [3.63, 3.8) is 0 Å². The number of nitriles is 1. The molecule has 0 amide bonds. The van der Waals surface area contributed by atoms with Crippen LogP contribution in [-0.4, -0.2) is 19.4 Å². The first-order valence-corrected chi connectivity index (χ1v) is 6.00. The topological polar surface area (TPSA) is 82.9 Å². The molecule has 7 heteroatoms. The number of hydrogen-bond donors (Lipinski definition) is 1. The molecule has 1 heterocycles. The summed E-state index contributed by atoms with van der Waals surface area (Å²) in [7, 11) is -3.88. The molecule has 0 saturated heterocycles. The van der Waals surface area contributed by atoms with Crippen LogP contribution in [0.15, 0.2) is 23.4 Å². The van der Waals surface area contributed by atoms with E-state index >= 15 is 0 Å². The Labute approximate surface area is 93.0 Å². The van der Waals surface area contributed by atoms with Crippen molar-refractivity contribution >= 4 is 10.0 Å². The van der Waals surface area contributed by atoms with Crippen molar-refractivity contribution in [2.24, 2.45) is 0 Å². The Morgan fingerprint density at radius 3 is 2.81 bits per heavy atom. The number of nitrogens with one attached hydrogen (secondary N) is 1. The molecule has 0 aromatic carbocycles. The zero-order valence-electron chi connectivity index (χ0n) is 8.51. The Hall–Kier alpha value is -1.52. The lowest BCUT2D eigenvalue weighted by atomic mass is 10.3. The van der Waals surface area contributed by atoms with Gasteiger partial charge in [0, 0.05) is 6.20 Å². The summed E-state index contributed by atoms with van der Waals surface area (Å²) in [6, 6.07) is 1.81. The fourth-order valence-corrected chi connectivity index (χ4v) is 2.19. The summed E-state index contributed by atoms with van der Waals surface area (Å²) in [5.41, 5.74) is 0. The van der Waals surface area contributed by atoms with Crippen LogP contribution in [0.2, 0.25) is 0 Å². The molecule has 86 valence electrons. The Morgan fingerprint density at radius 1 is 1.62 bits per heavy atom. The first-order chi connectivity index (χ1) is 7.49. The predicted octanol–water partition coefficient (Wildman–Crippen LogP) is 0.801. The zero-order valence-corrected chi connectivity index (χ0v) is 9.33. The molecule has 0 fully saturated rings. The van der Waals surface area contributed by atoms with E-state index in [1.54, 1.807) is 13.0 Å². The molecule has 0 saturated carbocycles. The predicted molar refractivity (Wildman–Crippen MR) is 54.2 cm³/mol. The van der Waals surface area contributed by atoms with E-state index in [2.05, 4.69) is 9.71 Å². The summed E-state index contributed by atoms with van der Waals surface area (Å²) < 4.78 is 38.2. The molecular weight excluding hydrogens is 233 g/mol. The number of sulfonamides is 1. The van der Waals surface area contributed by atoms with Crippen molar-refractivity contribution in [1.29, 1.82) is 5.26 Å². The van der Waals surface area contributed by atoms with E-state index in [1.165, 1.54) is 0 Å². The van der Waals surface area contributed by atoms with Gasteiger partial charge in [-0.3, -0.25) is 4.98 Å². The third-order valence-corrected chi connectivity index (χ3v) is 3.29. The van der Waals surface area contributed by atoms with Crippen LogP contribution in [-0.2, 0) is 10.0 Å². The molecular formula is C9H10FN3O2S. The number of rotatable bonds is 4. The van der Waals surface area contributed by atoms with Gasteiger partial charge in [-0.15, -0.1) is 0 Å². The van der Waals surface area contributed by atoms with Gasteiger partial charge in [-0.05, 0) is 12.5 Å². The van der Waals surface area contributed by atoms with Crippen molar-refractivity contribution in [3.05, 3.63) is 24.3 Å². The molecule has 1 aromatic heterocycles. The minimum Gasteiger partial charge on any atom is -0.260 e. The van der Waals surface area contributed by atoms with Crippen molar-refractivity contribution in [3.8, 4) is 6.07 Å². The fourth-order valence-electron chi connectivity index (χ4n) is 0.996. The van der Waals surface area contributed by atoms with Crippen LogP contribution >= 0.6 is 0 Å². The van der Waals surface area contributed by atoms with Crippen molar-refractivity contribution in [2.45, 2.75) is 24.3 Å². The molecule has 1 N–H and O–H groups in total. The van der Waals surface area contributed by atoms with Gasteiger partial charge in [-0.25, -0.2) is 12.8 Å². The lowest BCUT2D eigenvalue weighted by Gasteiger charge is -2.09. The molecule has 0 bridgehead atoms. The molecule has 0 spiro atoms. The van der Waals surface area contributed by atoms with Crippen molar-refractivity contribution in [2.75, 3.05) is 0 Å². The van der Waals surface area contributed by atoms with Crippen LogP contribution in [0, 0.1) is 17.1 Å². The summed E-state index contributed by atoms with van der Waals surface area (Å²) in [5, 5.41) is 8.62. The van der Waals surface area contributed by atoms with Gasteiger partial charge in [0.2, 0.25) is 10.0 Å². The van der Waals surface area contributed by atoms with E-state index in [4.69, 9.17) is 5.26 Å². The van der Waals surface area contributed by atoms with E-state index in [9.17, 15) is 12.8 Å². The number of nitrogens with zero attached hydrogens (tertiary/aromatic N) is 2. The monoisotopic (exact) mass is 243 g/mol. The Balaban J connectivity index is 3.00. The van der Waals surface area contributed by atoms with E-state index in [0.29, 0.717) is 6.42 Å². The molecule has 1 atom stereocenters. The molecule has 1 rings (SSSR count). The lowest BCUT2D eigenvalue weighted by molar-refractivity contribution is 0.565. The standard InChI is InChI=1S/C9H10FN3O2S/c1-2-8(4-11)13-16(14,15)9-3-7(10)5-12-6-9/h3,5-6,8,13H,2H2,1H3. The van der Waals surface area contributed by atoms with Gasteiger partial charge in [-0.1, -0.05) is 6.92 Å². The summed E-state index contributed by atoms with van der Waals surface area (Å²) in [4.78, 5) is 3.14. The Morgan fingerprint density at radius 2 is 2.31 bits per heavy atom. The van der Waals surface area contributed by atoms with Crippen LogP contribution in [0.5, 0.6) is 0 Å². The number of hydrogen-bond acceptors (Lipinski definition) is 4. The molecule has 5 nitrogen and oxygen atoms in total. The van der Waals surface area contributed by atoms with Gasteiger partial charge < -0.3 is 0 Å². The Bertz CT molecular complexity index is 510. The highest BCUT2D eigenvalue weighted by atomic mass is 32.2. The van der Waals surface area contributed by atoms with Crippen LogP contribution in [0.4, 0.5) is 4.39 Å². The molecule has 1 unspecified atom stereocenters. The molecule has 1 aromatic rings. The third kappa shape index (κ3) is 2.98. The Kier molecular flexibility index (Phi) is 3.93. The molecule has 0 radical (unpaired) electrons. The number of aromatic nitrogens is 1. The summed E-state index contributed by atoms with van der Waals surface area (Å²) in [6.45, 7) is 1.67. The van der Waals surface area contributed by atoms with E-state index < -0.39 is 21.9 Å². The normalized spacial score (nSPS) is 13.1. The van der Waals surface area contributed by atoms with Crippen LogP contribution in [0.25, 0.3) is 0 Å². The van der Waals surface area contributed by atoms with Gasteiger partial charge in [0.25, 0.3) is 0 Å². The van der Waals surface area contributed by atoms with Gasteiger partial charge in [-0.2, -0.15) is 9.98 Å². The quantitative estimate of drug-likeness (QED) is 0.847. The van der Waals surface area contributed by atoms with Crippen LogP contribution < -0.4 is 4.72 Å². The first-order valence-electron chi connectivity index (χ1n) is 4.52. The van der Waals surface area contributed by atoms with Crippen LogP contribution in [0.3, 0.4) is 0 Å². The second-order valence-electron chi connectivity index (χ2n) is 3.05. The average Bonchev–Trinajstić information content (AvgIpc) is 2.26. The van der Waals surface area contributed by atoms with Crippen LogP contribution in [0.1, 0.15) is 13.3 Å². The maximum Gasteiger partial charge on any atom is 0.243 e. The molecule has 16 heavy (non-hydrogen) atoms. The maximum absolute atomic E-state index is 12.8. The smallest absolute Gasteiger partial charge is 0.243 e. The van der Waals surface area contributed by atoms with Crippen molar-refractivity contribution in [1.82, 2.24) is 9.71 Å². The lowest BCUT2D eigenvalue weighted by Crippen LogP contribution is -2.33. The number of pyridine rings is 1. The average molecular weight is 243 g/mol. The van der Waals surface area contributed by atoms with Gasteiger partial charge in [0.05, 0.1) is 12.3 Å². The first kappa shape index (κ1) is 12.5. The highest BCUT2D eigenvalue weighted by molar-refractivity contribution is 7.89. The van der Waals surface area contributed by atoms with Crippen molar-refractivity contribution < 1.29 is 12.8 Å². The van der Waals surface area contributed by atoms with Gasteiger partial charge >= 0.3 is 0 Å². The maximum atomic E-state index is 12.8. The van der Waals surface area contributed by atoms with E-state index in [0.717, 1.165) is 18.5 Å². The van der Waals surface area contributed by atoms with E-state index in [1.807, 2.05) is 0 Å². The van der Waals surface area contributed by atoms with Gasteiger partial charge in [0.15, 0.2) is 0 Å². The third-order valence-electron chi connectivity index (χ3n) is 1.85. The molecule has 0 aliphatic carbocycles. The second kappa shape index (κ2) is 5.01. The minimum absolute atomic E-state index is 0.291. The molecule has 0 aliphatic rings. The SMILES string of the molecule is CCC(C#N)NS(=O)(=O)c1cncc(F)c1. The molecule has 0 aliphatic heterocycles. The summed E-state index contributed by atoms with van der Waals surface area (Å²) >= 11 is 0. The summed E-state index contributed by atoms with van der Waals surface area (Å²) in [6.07, 6.45) is 2.26. The fraction of sp³-hybridized carbons (Fsp3) is 0.333. The van der Waals surface area contributed by atoms with E-state index in [-0.39, 0.29) is 4.90 Å². The highest BCUT2D eigenvalue weighted by Crippen LogP contribution is 2.09. The zero-order chi connectivity index (χ0) is 12.2. The largest absolute Gasteiger partial charge is 0.260 e. The van der Waals surface area contributed by atoms with Gasteiger partial charge in [0.1, 0.15) is 16.8 Å².